The molecule has 2 N–H and O–H groups in total. The first-order valence-electron chi connectivity index (χ1n) is 10.8. The number of benzene rings is 1. The van der Waals surface area contributed by atoms with Crippen molar-refractivity contribution in [2.75, 3.05) is 45.9 Å². The molecule has 0 saturated carbocycles. The summed E-state index contributed by atoms with van der Waals surface area (Å²) in [6.07, 6.45) is 0. The van der Waals surface area contributed by atoms with Crippen molar-refractivity contribution >= 4 is 33.5 Å². The summed E-state index contributed by atoms with van der Waals surface area (Å²) in [5, 5.41) is 0. The lowest BCUT2D eigenvalue weighted by Crippen LogP contribution is -2.47. The minimum Gasteiger partial charge on any atom is -0.462 e. The predicted molar refractivity (Wildman–Crippen MR) is 124 cm³/mol. The van der Waals surface area contributed by atoms with Gasteiger partial charge in [0.05, 0.1) is 12.2 Å². The van der Waals surface area contributed by atoms with Gasteiger partial charge in [-0.1, -0.05) is 15.9 Å². The molecule has 0 atom stereocenters. The molecule has 170 valence electrons. The van der Waals surface area contributed by atoms with Crippen LogP contribution in [0.3, 0.4) is 0 Å². The summed E-state index contributed by atoms with van der Waals surface area (Å²) in [6, 6.07) is 5.14. The summed E-state index contributed by atoms with van der Waals surface area (Å²) in [7, 11) is 1.75. The Kier molecular flexibility index (Phi) is 6.62. The van der Waals surface area contributed by atoms with Gasteiger partial charge in [0.1, 0.15) is 5.69 Å². The maximum atomic E-state index is 13.1. The van der Waals surface area contributed by atoms with Gasteiger partial charge in [0.2, 0.25) is 5.78 Å². The summed E-state index contributed by atoms with van der Waals surface area (Å²) < 4.78 is 7.86. The van der Waals surface area contributed by atoms with Crippen LogP contribution in [0.1, 0.15) is 43.8 Å². The van der Waals surface area contributed by atoms with Crippen molar-refractivity contribution in [3.63, 3.8) is 0 Å². The van der Waals surface area contributed by atoms with Crippen molar-refractivity contribution in [1.29, 1.82) is 0 Å². The zero-order valence-corrected chi connectivity index (χ0v) is 19.9. The molecule has 1 aromatic heterocycles. The molecule has 1 aromatic carbocycles. The van der Waals surface area contributed by atoms with E-state index < -0.39 is 17.5 Å². The van der Waals surface area contributed by atoms with E-state index in [0.29, 0.717) is 41.0 Å². The number of rotatable bonds is 6. The zero-order chi connectivity index (χ0) is 23.0. The number of halogens is 1. The molecule has 0 radical (unpaired) electrons. The molecule has 1 aliphatic heterocycles. The number of nitrogens with two attached hydrogens (primary N) is 1. The second-order valence-corrected chi connectivity index (χ2v) is 9.00. The number of hydrogen-bond acceptors (Lipinski definition) is 7. The highest BCUT2D eigenvalue weighted by Crippen LogP contribution is 2.41. The van der Waals surface area contributed by atoms with Gasteiger partial charge in [0, 0.05) is 74.2 Å². The number of aromatic nitrogens is 1. The maximum absolute atomic E-state index is 13.1. The average Bonchev–Trinajstić information content (AvgIpc) is 3.06. The number of nitrogens with zero attached hydrogens (tertiary/aromatic N) is 3. The molecule has 1 aliphatic carbocycles. The molecule has 2 aliphatic rings. The molecule has 0 spiro atoms. The molecule has 2 heterocycles. The van der Waals surface area contributed by atoms with Crippen LogP contribution in [0.15, 0.2) is 22.7 Å². The normalized spacial score (nSPS) is 16.8. The number of carbonyl (C=O) groups is 3. The van der Waals surface area contributed by atoms with E-state index in [1.165, 1.54) is 0 Å². The summed E-state index contributed by atoms with van der Waals surface area (Å²) in [5.74, 6) is -1.63. The summed E-state index contributed by atoms with van der Waals surface area (Å²) in [6.45, 7) is 7.39. The van der Waals surface area contributed by atoms with Gasteiger partial charge in [-0.15, -0.1) is 0 Å². The first kappa shape index (κ1) is 22.8. The summed E-state index contributed by atoms with van der Waals surface area (Å²) in [5.41, 5.74) is 8.36. The second-order valence-electron chi connectivity index (χ2n) is 8.08. The van der Waals surface area contributed by atoms with Crippen molar-refractivity contribution in [2.45, 2.75) is 13.5 Å². The third-order valence-corrected chi connectivity index (χ3v) is 6.69. The lowest BCUT2D eigenvalue weighted by molar-refractivity contribution is 0.0523. The van der Waals surface area contributed by atoms with Crippen LogP contribution in [-0.2, 0) is 18.3 Å². The van der Waals surface area contributed by atoms with Crippen LogP contribution in [0.25, 0.3) is 11.1 Å². The van der Waals surface area contributed by atoms with Crippen LogP contribution < -0.4 is 5.73 Å². The molecule has 8 nitrogen and oxygen atoms in total. The van der Waals surface area contributed by atoms with E-state index in [4.69, 9.17) is 10.5 Å². The fraction of sp³-hybridized carbons (Fsp3) is 0.435. The molecular weight excluding hydrogens is 476 g/mol. The van der Waals surface area contributed by atoms with Gasteiger partial charge in [-0.05, 0) is 30.7 Å². The van der Waals surface area contributed by atoms with Crippen molar-refractivity contribution < 1.29 is 19.1 Å². The lowest BCUT2D eigenvalue weighted by Gasteiger charge is -2.34. The van der Waals surface area contributed by atoms with Crippen molar-refractivity contribution in [3.8, 4) is 11.1 Å². The molecule has 0 amide bonds. The number of fused-ring (bicyclic) bond motifs is 3. The number of ether oxygens (including phenoxy) is 1. The van der Waals surface area contributed by atoms with Crippen LogP contribution in [-0.4, -0.2) is 77.8 Å². The Labute approximate surface area is 195 Å². The maximum Gasteiger partial charge on any atom is 0.340 e. The highest BCUT2D eigenvalue weighted by atomic mass is 79.9. The van der Waals surface area contributed by atoms with Gasteiger partial charge < -0.3 is 15.0 Å². The zero-order valence-electron chi connectivity index (χ0n) is 18.3. The van der Waals surface area contributed by atoms with E-state index in [0.717, 1.165) is 37.2 Å². The van der Waals surface area contributed by atoms with Crippen LogP contribution in [0, 0.1) is 0 Å². The van der Waals surface area contributed by atoms with Gasteiger partial charge >= 0.3 is 5.97 Å². The predicted octanol–water partition coefficient (Wildman–Crippen LogP) is 2.09. The number of Topliss-reactive ketones (excluding diaryl/α,β-unsaturated/α-hetero) is 2. The molecule has 9 heteroatoms. The highest BCUT2D eigenvalue weighted by Gasteiger charge is 2.39. The van der Waals surface area contributed by atoms with E-state index in [9.17, 15) is 14.4 Å². The SMILES string of the molecule is CCOC(=O)c1c2c(n(C)c1CN1CCN(CCN)CC1)C(=O)C(=O)c1ccc(Br)cc1-2. The minimum absolute atomic E-state index is 0.220. The van der Waals surface area contributed by atoms with Gasteiger partial charge in [-0.25, -0.2) is 4.79 Å². The van der Waals surface area contributed by atoms with Crippen molar-refractivity contribution in [3.05, 3.63) is 45.2 Å². The molecule has 4 rings (SSSR count). The smallest absolute Gasteiger partial charge is 0.340 e. The Balaban J connectivity index is 1.81. The third kappa shape index (κ3) is 3.94. The van der Waals surface area contributed by atoms with Crippen molar-refractivity contribution in [2.24, 2.45) is 12.8 Å². The number of ketones is 2. The first-order valence-corrected chi connectivity index (χ1v) is 11.6. The first-order chi connectivity index (χ1) is 15.4. The highest BCUT2D eigenvalue weighted by molar-refractivity contribution is 9.10. The Morgan fingerprint density at radius 3 is 2.44 bits per heavy atom. The minimum atomic E-state index is -0.595. The number of piperazine rings is 1. The Bertz CT molecular complexity index is 1090. The van der Waals surface area contributed by atoms with Crippen LogP contribution in [0.4, 0.5) is 0 Å². The van der Waals surface area contributed by atoms with Crippen molar-refractivity contribution in [1.82, 2.24) is 14.4 Å². The molecule has 0 bridgehead atoms. The number of hydrogen-bond donors (Lipinski definition) is 1. The van der Waals surface area contributed by atoms with E-state index in [1.807, 2.05) is 0 Å². The molecular formula is C23H27BrN4O4. The molecule has 1 saturated heterocycles. The molecule has 0 unspecified atom stereocenters. The summed E-state index contributed by atoms with van der Waals surface area (Å²) in [4.78, 5) is 43.6. The quantitative estimate of drug-likeness (QED) is 0.476. The standard InChI is InChI=1S/C23H27BrN4O4/c1-3-32-23(31)19-17(13-28-10-8-27(7-6-25)9-11-28)26(2)20-18(19)16-12-14(24)4-5-15(16)21(29)22(20)30/h4-5,12H,3,6-11,13,25H2,1-2H3. The monoisotopic (exact) mass is 502 g/mol. The van der Waals surface area contributed by atoms with Crippen LogP contribution >= 0.6 is 15.9 Å². The fourth-order valence-electron chi connectivity index (χ4n) is 4.59. The van der Waals surface area contributed by atoms with E-state index >= 15 is 0 Å². The van der Waals surface area contributed by atoms with Gasteiger partial charge in [-0.3, -0.25) is 19.4 Å². The molecule has 1 fully saturated rings. The van der Waals surface area contributed by atoms with Gasteiger partial charge in [0.15, 0.2) is 0 Å². The third-order valence-electron chi connectivity index (χ3n) is 6.20. The second kappa shape index (κ2) is 9.27. The van der Waals surface area contributed by atoms with E-state index in [-0.39, 0.29) is 12.3 Å². The van der Waals surface area contributed by atoms with E-state index in [2.05, 4.69) is 25.7 Å². The lowest BCUT2D eigenvalue weighted by atomic mass is 9.85. The van der Waals surface area contributed by atoms with Crippen LogP contribution in [0.5, 0.6) is 0 Å². The van der Waals surface area contributed by atoms with Gasteiger partial charge in [-0.2, -0.15) is 0 Å². The van der Waals surface area contributed by atoms with Gasteiger partial charge in [0.25, 0.3) is 5.78 Å². The Morgan fingerprint density at radius 1 is 1.09 bits per heavy atom. The molecule has 2 aromatic rings. The fourth-order valence-corrected chi connectivity index (χ4v) is 4.95. The topological polar surface area (TPSA) is 97.9 Å². The number of esters is 1. The largest absolute Gasteiger partial charge is 0.462 e. The Hall–Kier alpha value is -2.33. The number of carbonyl (C=O) groups excluding carboxylic acids is 3. The summed E-state index contributed by atoms with van der Waals surface area (Å²) >= 11 is 3.45. The average molecular weight is 503 g/mol. The van der Waals surface area contributed by atoms with E-state index in [1.54, 1.807) is 36.7 Å². The Morgan fingerprint density at radius 2 is 1.78 bits per heavy atom. The molecule has 32 heavy (non-hydrogen) atoms. The van der Waals surface area contributed by atoms with Crippen LogP contribution in [0.2, 0.25) is 0 Å².